The second-order valence-corrected chi connectivity index (χ2v) is 5.97. The van der Waals surface area contributed by atoms with Crippen molar-refractivity contribution in [1.29, 1.82) is 0 Å². The van der Waals surface area contributed by atoms with E-state index >= 15 is 0 Å². The van der Waals surface area contributed by atoms with E-state index in [4.69, 9.17) is 0 Å². The molecule has 0 bridgehead atoms. The lowest BCUT2D eigenvalue weighted by molar-refractivity contribution is 0.0906. The van der Waals surface area contributed by atoms with E-state index in [0.717, 1.165) is 38.0 Å². The van der Waals surface area contributed by atoms with Crippen molar-refractivity contribution in [2.45, 2.75) is 31.9 Å². The topological polar surface area (TPSA) is 41.3 Å². The van der Waals surface area contributed by atoms with E-state index in [9.17, 15) is 5.11 Å². The van der Waals surface area contributed by atoms with E-state index < -0.39 is 6.10 Å². The van der Waals surface area contributed by atoms with E-state index in [0.29, 0.717) is 6.04 Å². The van der Waals surface area contributed by atoms with Crippen molar-refractivity contribution in [3.05, 3.63) is 54.1 Å². The first-order valence-corrected chi connectivity index (χ1v) is 7.67. The Labute approximate surface area is 126 Å². The number of hydrogen-bond donors (Lipinski definition) is 1. The highest BCUT2D eigenvalue weighted by molar-refractivity contribution is 5.23. The molecule has 1 saturated heterocycles. The summed E-state index contributed by atoms with van der Waals surface area (Å²) >= 11 is 0. The summed E-state index contributed by atoms with van der Waals surface area (Å²) in [6.07, 6.45) is 7.64. The zero-order valence-corrected chi connectivity index (χ0v) is 12.5. The van der Waals surface area contributed by atoms with Crippen LogP contribution in [0, 0.1) is 6.92 Å². The average molecular weight is 285 g/mol. The van der Waals surface area contributed by atoms with Crippen LogP contribution in [0.1, 0.15) is 36.1 Å². The maximum absolute atomic E-state index is 10.4. The zero-order valence-electron chi connectivity index (χ0n) is 12.5. The van der Waals surface area contributed by atoms with E-state index in [1.165, 1.54) is 5.56 Å². The Balaban J connectivity index is 1.52. The number of benzene rings is 1. The molecular formula is C17H23N3O. The first-order valence-electron chi connectivity index (χ1n) is 7.67. The van der Waals surface area contributed by atoms with Crippen molar-refractivity contribution in [2.24, 2.45) is 0 Å². The minimum absolute atomic E-state index is 0.393. The van der Waals surface area contributed by atoms with E-state index in [2.05, 4.69) is 33.5 Å². The lowest BCUT2D eigenvalue weighted by Gasteiger charge is -2.33. The molecule has 1 aliphatic heterocycles. The minimum Gasteiger partial charge on any atom is -0.387 e. The minimum atomic E-state index is -0.393. The molecule has 1 aromatic carbocycles. The van der Waals surface area contributed by atoms with Crippen LogP contribution in [0.4, 0.5) is 0 Å². The number of aryl methyl sites for hydroxylation is 1. The van der Waals surface area contributed by atoms with Crippen LogP contribution in [0.15, 0.2) is 43.0 Å². The van der Waals surface area contributed by atoms with Gasteiger partial charge in [0.15, 0.2) is 0 Å². The first-order chi connectivity index (χ1) is 10.2. The maximum Gasteiger partial charge on any atom is 0.0948 e. The summed E-state index contributed by atoms with van der Waals surface area (Å²) in [5.41, 5.74) is 2.24. The average Bonchev–Trinajstić information content (AvgIpc) is 3.03. The normalized spacial score (nSPS) is 18.8. The standard InChI is InChI=1S/C17H23N3O/c1-14-2-4-15(5-3-14)17(21)12-19-9-6-16(7-10-19)20-11-8-18-13-20/h2-5,8,11,13,16-17,21H,6-7,9-10,12H2,1H3. The van der Waals surface area contributed by atoms with Gasteiger partial charge in [-0.25, -0.2) is 4.98 Å². The number of rotatable bonds is 4. The fraction of sp³-hybridized carbons (Fsp3) is 0.471. The zero-order chi connectivity index (χ0) is 14.7. The molecular weight excluding hydrogens is 262 g/mol. The lowest BCUT2D eigenvalue weighted by Crippen LogP contribution is -2.37. The fourth-order valence-electron chi connectivity index (χ4n) is 3.02. The van der Waals surface area contributed by atoms with E-state index in [1.807, 2.05) is 30.9 Å². The molecule has 2 aromatic rings. The fourth-order valence-corrected chi connectivity index (χ4v) is 3.02. The molecule has 112 valence electrons. The third-order valence-electron chi connectivity index (χ3n) is 4.40. The molecule has 0 spiro atoms. The van der Waals surface area contributed by atoms with Gasteiger partial charge in [-0.1, -0.05) is 29.8 Å². The third kappa shape index (κ3) is 3.52. The number of hydrogen-bond acceptors (Lipinski definition) is 3. The maximum atomic E-state index is 10.4. The van der Waals surface area contributed by atoms with Crippen molar-refractivity contribution in [1.82, 2.24) is 14.5 Å². The molecule has 3 rings (SSSR count). The molecule has 4 nitrogen and oxygen atoms in total. The van der Waals surface area contributed by atoms with Crippen molar-refractivity contribution in [3.8, 4) is 0 Å². The molecule has 4 heteroatoms. The Morgan fingerprint density at radius 1 is 1.24 bits per heavy atom. The second kappa shape index (κ2) is 6.41. The molecule has 0 radical (unpaired) electrons. The Morgan fingerprint density at radius 3 is 2.57 bits per heavy atom. The van der Waals surface area contributed by atoms with Gasteiger partial charge in [0.25, 0.3) is 0 Å². The number of likely N-dealkylation sites (tertiary alicyclic amines) is 1. The number of aliphatic hydroxyl groups excluding tert-OH is 1. The Morgan fingerprint density at radius 2 is 1.95 bits per heavy atom. The van der Waals surface area contributed by atoms with Gasteiger partial charge in [0.1, 0.15) is 0 Å². The van der Waals surface area contributed by atoms with Crippen LogP contribution in [0.3, 0.4) is 0 Å². The molecule has 1 atom stereocenters. The van der Waals surface area contributed by atoms with Crippen LogP contribution in [-0.4, -0.2) is 39.2 Å². The number of piperidine rings is 1. The number of imidazole rings is 1. The molecule has 1 fully saturated rings. The Kier molecular flexibility index (Phi) is 4.36. The van der Waals surface area contributed by atoms with Crippen molar-refractivity contribution in [2.75, 3.05) is 19.6 Å². The Bertz CT molecular complexity index is 542. The van der Waals surface area contributed by atoms with Crippen LogP contribution in [-0.2, 0) is 0 Å². The van der Waals surface area contributed by atoms with Crippen LogP contribution < -0.4 is 0 Å². The summed E-state index contributed by atoms with van der Waals surface area (Å²) in [4.78, 5) is 6.48. The monoisotopic (exact) mass is 285 g/mol. The summed E-state index contributed by atoms with van der Waals surface area (Å²) in [7, 11) is 0. The van der Waals surface area contributed by atoms with Crippen LogP contribution in [0.5, 0.6) is 0 Å². The molecule has 1 N–H and O–H groups in total. The molecule has 1 aromatic heterocycles. The highest BCUT2D eigenvalue weighted by atomic mass is 16.3. The molecule has 0 saturated carbocycles. The summed E-state index contributed by atoms with van der Waals surface area (Å²) in [6.45, 7) is 4.86. The molecule has 0 amide bonds. The van der Waals surface area contributed by atoms with Gasteiger partial charge in [0.05, 0.1) is 12.4 Å². The Hall–Kier alpha value is -1.65. The molecule has 2 heterocycles. The number of aromatic nitrogens is 2. The van der Waals surface area contributed by atoms with Gasteiger partial charge < -0.3 is 14.6 Å². The van der Waals surface area contributed by atoms with Gasteiger partial charge in [-0.3, -0.25) is 0 Å². The number of nitrogens with zero attached hydrogens (tertiary/aromatic N) is 3. The van der Waals surface area contributed by atoms with Gasteiger partial charge in [-0.05, 0) is 25.3 Å². The molecule has 1 aliphatic rings. The van der Waals surface area contributed by atoms with E-state index in [-0.39, 0.29) is 0 Å². The SMILES string of the molecule is Cc1ccc(C(O)CN2CCC(n3ccnc3)CC2)cc1. The summed E-state index contributed by atoms with van der Waals surface area (Å²) in [6, 6.07) is 8.73. The summed E-state index contributed by atoms with van der Waals surface area (Å²) in [5, 5.41) is 10.4. The third-order valence-corrected chi connectivity index (χ3v) is 4.40. The van der Waals surface area contributed by atoms with Crippen LogP contribution in [0.25, 0.3) is 0 Å². The second-order valence-electron chi connectivity index (χ2n) is 5.97. The van der Waals surface area contributed by atoms with Gasteiger partial charge >= 0.3 is 0 Å². The predicted molar refractivity (Wildman–Crippen MR) is 83.1 cm³/mol. The van der Waals surface area contributed by atoms with Gasteiger partial charge in [-0.15, -0.1) is 0 Å². The smallest absolute Gasteiger partial charge is 0.0948 e. The number of aliphatic hydroxyl groups is 1. The van der Waals surface area contributed by atoms with Crippen LogP contribution in [0.2, 0.25) is 0 Å². The summed E-state index contributed by atoms with van der Waals surface area (Å²) in [5.74, 6) is 0. The highest BCUT2D eigenvalue weighted by Crippen LogP contribution is 2.24. The van der Waals surface area contributed by atoms with Gasteiger partial charge in [-0.2, -0.15) is 0 Å². The quantitative estimate of drug-likeness (QED) is 0.938. The first kappa shape index (κ1) is 14.3. The molecule has 0 aliphatic carbocycles. The van der Waals surface area contributed by atoms with E-state index in [1.54, 1.807) is 0 Å². The molecule has 21 heavy (non-hydrogen) atoms. The predicted octanol–water partition coefficient (Wildman–Crippen LogP) is 2.56. The van der Waals surface area contributed by atoms with Gasteiger partial charge in [0.2, 0.25) is 0 Å². The number of β-amino-alcohol motifs (C(OH)–C–C–N with tert-alkyl or cyclic N) is 1. The lowest BCUT2D eigenvalue weighted by atomic mass is 10.0. The highest BCUT2D eigenvalue weighted by Gasteiger charge is 2.22. The largest absolute Gasteiger partial charge is 0.387 e. The van der Waals surface area contributed by atoms with Crippen molar-refractivity contribution in [3.63, 3.8) is 0 Å². The van der Waals surface area contributed by atoms with Crippen molar-refractivity contribution >= 4 is 0 Å². The van der Waals surface area contributed by atoms with Crippen molar-refractivity contribution < 1.29 is 5.11 Å². The van der Waals surface area contributed by atoms with Gasteiger partial charge in [0, 0.05) is 38.1 Å². The molecule has 1 unspecified atom stereocenters. The van der Waals surface area contributed by atoms with Crippen LogP contribution >= 0.6 is 0 Å². The summed E-state index contributed by atoms with van der Waals surface area (Å²) < 4.78 is 2.20.